The second-order valence-corrected chi connectivity index (χ2v) is 16.4. The average molecular weight is 869 g/mol. The molecule has 1 heterocycles. The average Bonchev–Trinajstić information content (AvgIpc) is 3.32. The second kappa shape index (κ2) is 20.7. The van der Waals surface area contributed by atoms with Gasteiger partial charge in [-0.1, -0.05) is 42.3 Å². The summed E-state index contributed by atoms with van der Waals surface area (Å²) in [5.74, 6) is -1.26. The molecule has 1 saturated carbocycles. The van der Waals surface area contributed by atoms with Gasteiger partial charge < -0.3 is 34.2 Å². The highest BCUT2D eigenvalue weighted by molar-refractivity contribution is 6.03. The summed E-state index contributed by atoms with van der Waals surface area (Å²) >= 11 is 0. The summed E-state index contributed by atoms with van der Waals surface area (Å²) in [5.41, 5.74) is 4.12. The van der Waals surface area contributed by atoms with Crippen LogP contribution >= 0.6 is 0 Å². The van der Waals surface area contributed by atoms with Crippen LogP contribution in [0.25, 0.3) is 0 Å². The molecule has 1 amide bonds. The molecule has 0 spiro atoms. The number of non-ortho nitro benzene ring substituents is 1. The number of aldehydes is 1. The first-order valence-corrected chi connectivity index (χ1v) is 21.6. The van der Waals surface area contributed by atoms with Crippen molar-refractivity contribution >= 4 is 23.6 Å². The number of benzene rings is 4. The van der Waals surface area contributed by atoms with E-state index in [2.05, 4.69) is 18.7 Å². The van der Waals surface area contributed by atoms with Gasteiger partial charge in [-0.15, -0.1) is 6.58 Å². The van der Waals surface area contributed by atoms with Gasteiger partial charge in [0.1, 0.15) is 36.2 Å². The van der Waals surface area contributed by atoms with E-state index in [1.807, 2.05) is 12.1 Å². The molecular weight excluding hydrogens is 817 g/mol. The molecule has 332 valence electrons. The number of nitro groups is 1. The number of carbonyl (C=O) groups is 2. The number of oxime groups is 1. The molecule has 0 unspecified atom stereocenters. The van der Waals surface area contributed by atoms with E-state index in [0.29, 0.717) is 58.1 Å². The molecule has 0 aromatic heterocycles. The third-order valence-corrected chi connectivity index (χ3v) is 12.5. The minimum atomic E-state index is -1.50. The number of aliphatic hydroxyl groups is 2. The molecule has 4 aromatic rings. The van der Waals surface area contributed by atoms with E-state index in [1.165, 1.54) is 12.1 Å². The summed E-state index contributed by atoms with van der Waals surface area (Å²) in [5, 5.41) is 45.5. The van der Waals surface area contributed by atoms with Crippen LogP contribution in [0.15, 0.2) is 120 Å². The third kappa shape index (κ3) is 9.62. The van der Waals surface area contributed by atoms with Crippen LogP contribution in [0.3, 0.4) is 0 Å². The molecule has 0 radical (unpaired) electrons. The Morgan fingerprint density at radius 2 is 1.75 bits per heavy atom. The minimum Gasteiger partial charge on any atom is -0.459 e. The Kier molecular flexibility index (Phi) is 14.7. The van der Waals surface area contributed by atoms with E-state index in [0.717, 1.165) is 43.1 Å². The zero-order valence-corrected chi connectivity index (χ0v) is 35.7. The lowest BCUT2D eigenvalue weighted by Crippen LogP contribution is -2.69. The second-order valence-electron chi connectivity index (χ2n) is 16.4. The SMILES string of the molecule is C=CCO[C@@]12Oc3ccc(Oc4cccc(C=O)c4)cc3[C@H]3[C@H](CCCCO)[C@@H](CCCCO)C=C(C(=NOCc4ccc([N+](=O)[O-])cc4)C[C@@H]1N(C)C(=O)c1ccc(C#N)cc1)[C@H]32. The number of fused-ring (bicyclic) bond motifs is 2. The summed E-state index contributed by atoms with van der Waals surface area (Å²) in [7, 11) is 1.70. The lowest BCUT2D eigenvalue weighted by Gasteiger charge is -2.59. The van der Waals surface area contributed by atoms with Gasteiger partial charge in [-0.2, -0.15) is 5.26 Å². The summed E-state index contributed by atoms with van der Waals surface area (Å²) < 4.78 is 20.6. The Labute approximate surface area is 372 Å². The number of rotatable bonds is 20. The van der Waals surface area contributed by atoms with Crippen molar-refractivity contribution in [2.45, 2.75) is 69.3 Å². The highest BCUT2D eigenvalue weighted by Gasteiger charge is 2.65. The first-order chi connectivity index (χ1) is 31.1. The maximum Gasteiger partial charge on any atom is 0.269 e. The summed E-state index contributed by atoms with van der Waals surface area (Å²) in [6.45, 7) is 4.16. The van der Waals surface area contributed by atoms with Crippen LogP contribution in [0, 0.1) is 39.2 Å². The number of ether oxygens (including phenoxy) is 3. The van der Waals surface area contributed by atoms with E-state index in [-0.39, 0.29) is 62.2 Å². The van der Waals surface area contributed by atoms with Crippen molar-refractivity contribution in [1.82, 2.24) is 4.90 Å². The first kappa shape index (κ1) is 45.4. The molecule has 1 aliphatic heterocycles. The molecule has 1 fully saturated rings. The largest absolute Gasteiger partial charge is 0.459 e. The normalized spacial score (nSPS) is 22.4. The van der Waals surface area contributed by atoms with Crippen molar-refractivity contribution in [3.05, 3.63) is 153 Å². The van der Waals surface area contributed by atoms with Gasteiger partial charge in [0.2, 0.25) is 5.79 Å². The monoisotopic (exact) mass is 868 g/mol. The number of likely N-dealkylation sites (N-methyl/N-ethyl adjacent to an activating group) is 1. The Morgan fingerprint density at radius 3 is 2.44 bits per heavy atom. The number of nitriles is 1. The van der Waals surface area contributed by atoms with E-state index in [4.69, 9.17) is 24.2 Å². The lowest BCUT2D eigenvalue weighted by molar-refractivity contribution is -0.384. The molecule has 14 nitrogen and oxygen atoms in total. The smallest absolute Gasteiger partial charge is 0.269 e. The number of aliphatic hydroxyl groups excluding tert-OH is 2. The Bertz CT molecular complexity index is 2430. The Morgan fingerprint density at radius 1 is 1.02 bits per heavy atom. The number of allylic oxidation sites excluding steroid dienone is 1. The molecule has 7 rings (SSSR count). The van der Waals surface area contributed by atoms with Gasteiger partial charge in [0.15, 0.2) is 0 Å². The standard InChI is InChI=1S/C50H52N4O10/c1-3-25-61-50-46(53(2)49(58)36-17-13-33(30-51)14-18-36)29-44(52-62-32-34-15-19-38(20-16-34)54(59)60)42-27-37(10-4-6-23-55)41(12-5-7-24-56)47(48(42)50)43-28-40(21-22-45(43)64-50)63-39-11-8-9-35(26-39)31-57/h3,8-9,11,13-22,26-28,31,37,41,46-48,55-56H,1,4-7,10,12,23-25,29,32H2,2H3/t37-,41+,46-,47+,48+,50+/m0/s1. The van der Waals surface area contributed by atoms with Crippen molar-refractivity contribution in [2.24, 2.45) is 22.9 Å². The van der Waals surface area contributed by atoms with Gasteiger partial charge in [0.25, 0.3) is 11.6 Å². The Hall–Kier alpha value is -6.66. The number of unbranched alkanes of at least 4 members (excludes halogenated alkanes) is 2. The van der Waals surface area contributed by atoms with Gasteiger partial charge >= 0.3 is 0 Å². The van der Waals surface area contributed by atoms with Crippen LogP contribution in [0.2, 0.25) is 0 Å². The molecule has 14 heteroatoms. The summed E-state index contributed by atoms with van der Waals surface area (Å²) in [6, 6.07) is 26.3. The maximum absolute atomic E-state index is 14.6. The molecule has 4 aromatic carbocycles. The quantitative estimate of drug-likeness (QED) is 0.0284. The number of carbonyl (C=O) groups excluding carboxylic acids is 2. The predicted molar refractivity (Wildman–Crippen MR) is 238 cm³/mol. The van der Waals surface area contributed by atoms with E-state index in [1.54, 1.807) is 84.8 Å². The van der Waals surface area contributed by atoms with Crippen LogP contribution in [0.1, 0.15) is 88.3 Å². The lowest BCUT2D eigenvalue weighted by atomic mass is 9.55. The van der Waals surface area contributed by atoms with Crippen molar-refractivity contribution in [1.29, 1.82) is 5.26 Å². The van der Waals surface area contributed by atoms with Crippen LogP contribution in [0.5, 0.6) is 17.2 Å². The van der Waals surface area contributed by atoms with Crippen LogP contribution in [-0.4, -0.2) is 76.6 Å². The van der Waals surface area contributed by atoms with Gasteiger partial charge in [-0.3, -0.25) is 19.7 Å². The van der Waals surface area contributed by atoms with Crippen LogP contribution in [-0.2, 0) is 16.2 Å². The summed E-state index contributed by atoms with van der Waals surface area (Å²) in [4.78, 5) is 44.8. The predicted octanol–water partition coefficient (Wildman–Crippen LogP) is 8.68. The molecule has 0 saturated heterocycles. The fourth-order valence-corrected chi connectivity index (χ4v) is 9.51. The molecule has 2 aliphatic carbocycles. The van der Waals surface area contributed by atoms with Crippen LogP contribution < -0.4 is 9.47 Å². The van der Waals surface area contributed by atoms with Gasteiger partial charge in [-0.25, -0.2) is 0 Å². The number of nitro benzene ring substituents is 1. The topological polar surface area (TPSA) is 194 Å². The molecule has 0 bridgehead atoms. The van der Waals surface area contributed by atoms with E-state index < -0.39 is 22.7 Å². The van der Waals surface area contributed by atoms with E-state index >= 15 is 0 Å². The summed E-state index contributed by atoms with van der Waals surface area (Å²) in [6.07, 6.45) is 8.97. The van der Waals surface area contributed by atoms with Gasteiger partial charge in [0.05, 0.1) is 34.8 Å². The van der Waals surface area contributed by atoms with Crippen molar-refractivity contribution < 1.29 is 43.8 Å². The fraction of sp³-hybridized carbons (Fsp3) is 0.360. The van der Waals surface area contributed by atoms with E-state index in [9.17, 15) is 35.2 Å². The number of amides is 1. The number of hydrogen-bond donors (Lipinski definition) is 2. The van der Waals surface area contributed by atoms with Crippen molar-refractivity contribution in [3.8, 4) is 23.3 Å². The third-order valence-electron chi connectivity index (χ3n) is 12.5. The number of hydrogen-bond acceptors (Lipinski definition) is 12. The molecule has 3 aliphatic rings. The number of nitrogens with zero attached hydrogens (tertiary/aromatic N) is 4. The zero-order chi connectivity index (χ0) is 45.2. The molecule has 64 heavy (non-hydrogen) atoms. The van der Waals surface area contributed by atoms with Crippen molar-refractivity contribution in [2.75, 3.05) is 26.9 Å². The highest BCUT2D eigenvalue weighted by Crippen LogP contribution is 2.62. The van der Waals surface area contributed by atoms with Gasteiger partial charge in [-0.05, 0) is 115 Å². The van der Waals surface area contributed by atoms with Gasteiger partial charge in [0, 0.05) is 61.4 Å². The maximum atomic E-state index is 14.6. The first-order valence-electron chi connectivity index (χ1n) is 21.6. The molecular formula is C50H52N4O10. The van der Waals surface area contributed by atoms with Crippen LogP contribution in [0.4, 0.5) is 5.69 Å². The zero-order valence-electron chi connectivity index (χ0n) is 35.7. The molecule has 2 N–H and O–H groups in total. The fourth-order valence-electron chi connectivity index (χ4n) is 9.51. The van der Waals surface area contributed by atoms with Crippen molar-refractivity contribution in [3.63, 3.8) is 0 Å². The Balaban J connectivity index is 1.41. The highest BCUT2D eigenvalue weighted by atomic mass is 16.7. The molecule has 6 atom stereocenters. The minimum absolute atomic E-state index is 0.0146.